The Hall–Kier alpha value is -2.25. The molecule has 2 aromatic carbocycles. The summed E-state index contributed by atoms with van der Waals surface area (Å²) in [7, 11) is -2.15. The quantitative estimate of drug-likeness (QED) is 0.920. The molecule has 0 bridgehead atoms. The van der Waals surface area contributed by atoms with Gasteiger partial charge < -0.3 is 4.90 Å². The minimum Gasteiger partial charge on any atom is -0.335 e. The average Bonchev–Trinajstić information content (AvgIpc) is 2.54. The zero-order chi connectivity index (χ0) is 18.1. The second kappa shape index (κ2) is 6.70. The van der Waals surface area contributed by atoms with Gasteiger partial charge in [-0.05, 0) is 49.2 Å². The number of hydrogen-bond acceptors (Lipinski definition) is 3. The molecule has 128 valence electrons. The fraction of sp³-hybridized carbons (Fsp3) is 0.235. The van der Waals surface area contributed by atoms with Gasteiger partial charge >= 0.3 is 0 Å². The standard InChI is InChI=1S/C17H19FN2O3S/c1-11-4-5-14(10-16(11)18)17(21)20(3)12(2)13-6-8-15(9-7-13)24(19,22)23/h4-10,12H,1-3H3,(H2,19,22,23)/t12-/m0/s1. The SMILES string of the molecule is Cc1ccc(C(=O)N(C)[C@@H](C)c2ccc(S(N)(=O)=O)cc2)cc1F. The molecule has 0 aliphatic heterocycles. The summed E-state index contributed by atoms with van der Waals surface area (Å²) < 4.78 is 36.2. The molecule has 0 saturated carbocycles. The van der Waals surface area contributed by atoms with E-state index < -0.39 is 15.8 Å². The van der Waals surface area contributed by atoms with Gasteiger partial charge in [0.05, 0.1) is 10.9 Å². The van der Waals surface area contributed by atoms with E-state index in [0.717, 1.165) is 5.56 Å². The van der Waals surface area contributed by atoms with Gasteiger partial charge in [0.25, 0.3) is 5.91 Å². The molecule has 0 fully saturated rings. The molecule has 0 spiro atoms. The fourth-order valence-electron chi connectivity index (χ4n) is 2.27. The average molecular weight is 350 g/mol. The van der Waals surface area contributed by atoms with Gasteiger partial charge in [-0.1, -0.05) is 18.2 Å². The highest BCUT2D eigenvalue weighted by Gasteiger charge is 2.20. The Morgan fingerprint density at radius 3 is 2.25 bits per heavy atom. The van der Waals surface area contributed by atoms with Crippen molar-refractivity contribution in [2.75, 3.05) is 7.05 Å². The van der Waals surface area contributed by atoms with Gasteiger partial charge in [-0.2, -0.15) is 0 Å². The van der Waals surface area contributed by atoms with Crippen LogP contribution in [0.3, 0.4) is 0 Å². The summed E-state index contributed by atoms with van der Waals surface area (Å²) >= 11 is 0. The van der Waals surface area contributed by atoms with Gasteiger partial charge in [-0.25, -0.2) is 17.9 Å². The van der Waals surface area contributed by atoms with Crippen molar-refractivity contribution in [3.63, 3.8) is 0 Å². The summed E-state index contributed by atoms with van der Waals surface area (Å²) in [5.41, 5.74) is 1.47. The van der Waals surface area contributed by atoms with Crippen LogP contribution < -0.4 is 5.14 Å². The van der Waals surface area contributed by atoms with Crippen LogP contribution in [0.4, 0.5) is 4.39 Å². The first-order valence-corrected chi connectivity index (χ1v) is 8.82. The van der Waals surface area contributed by atoms with Crippen molar-refractivity contribution in [2.45, 2.75) is 24.8 Å². The highest BCUT2D eigenvalue weighted by atomic mass is 32.2. The molecule has 2 aromatic rings. The fourth-order valence-corrected chi connectivity index (χ4v) is 2.78. The summed E-state index contributed by atoms with van der Waals surface area (Å²) in [6.07, 6.45) is 0. The van der Waals surface area contributed by atoms with Crippen LogP contribution in [-0.2, 0) is 10.0 Å². The molecule has 0 radical (unpaired) electrons. The maximum absolute atomic E-state index is 13.6. The molecule has 2 rings (SSSR count). The highest BCUT2D eigenvalue weighted by Crippen LogP contribution is 2.22. The molecule has 2 N–H and O–H groups in total. The molecule has 1 amide bonds. The van der Waals surface area contributed by atoms with Crippen molar-refractivity contribution in [3.05, 3.63) is 65.0 Å². The Bertz CT molecular complexity index is 864. The number of sulfonamides is 1. The minimum absolute atomic E-state index is 0.00744. The number of nitrogens with two attached hydrogens (primary N) is 1. The Morgan fingerprint density at radius 2 is 1.75 bits per heavy atom. The Balaban J connectivity index is 2.23. The normalized spacial score (nSPS) is 12.7. The number of benzene rings is 2. The minimum atomic E-state index is -3.76. The van der Waals surface area contributed by atoms with Gasteiger partial charge in [-0.3, -0.25) is 4.79 Å². The van der Waals surface area contributed by atoms with Crippen LogP contribution in [0, 0.1) is 12.7 Å². The second-order valence-electron chi connectivity index (χ2n) is 5.67. The van der Waals surface area contributed by atoms with Gasteiger partial charge in [-0.15, -0.1) is 0 Å². The maximum Gasteiger partial charge on any atom is 0.254 e. The summed E-state index contributed by atoms with van der Waals surface area (Å²) in [6, 6.07) is 10.0. The third-order valence-electron chi connectivity index (χ3n) is 4.01. The molecule has 5 nitrogen and oxygen atoms in total. The molecule has 7 heteroatoms. The van der Waals surface area contributed by atoms with E-state index in [0.29, 0.717) is 5.56 Å². The number of amides is 1. The van der Waals surface area contributed by atoms with Crippen molar-refractivity contribution in [1.29, 1.82) is 0 Å². The van der Waals surface area contributed by atoms with E-state index in [-0.39, 0.29) is 22.4 Å². The predicted octanol–water partition coefficient (Wildman–Crippen LogP) is 2.61. The van der Waals surface area contributed by atoms with Crippen LogP contribution in [0.1, 0.15) is 34.5 Å². The topological polar surface area (TPSA) is 80.5 Å². The van der Waals surface area contributed by atoms with Crippen molar-refractivity contribution < 1.29 is 17.6 Å². The number of carbonyl (C=O) groups excluding carboxylic acids is 1. The number of nitrogens with zero attached hydrogens (tertiary/aromatic N) is 1. The molecule has 0 aromatic heterocycles. The molecule has 0 aliphatic carbocycles. The summed E-state index contributed by atoms with van der Waals surface area (Å²) in [5.74, 6) is -0.753. The van der Waals surface area contributed by atoms with Crippen LogP contribution in [0.15, 0.2) is 47.4 Å². The van der Waals surface area contributed by atoms with Gasteiger partial charge in [0, 0.05) is 12.6 Å². The number of rotatable bonds is 4. The van der Waals surface area contributed by atoms with Crippen LogP contribution in [-0.4, -0.2) is 26.3 Å². The monoisotopic (exact) mass is 350 g/mol. The van der Waals surface area contributed by atoms with Crippen molar-refractivity contribution >= 4 is 15.9 Å². The third kappa shape index (κ3) is 3.80. The lowest BCUT2D eigenvalue weighted by molar-refractivity contribution is 0.0742. The predicted molar refractivity (Wildman–Crippen MR) is 89.5 cm³/mol. The summed E-state index contributed by atoms with van der Waals surface area (Å²) in [4.78, 5) is 14.0. The number of carbonyl (C=O) groups is 1. The van der Waals surface area contributed by atoms with Crippen LogP contribution in [0.2, 0.25) is 0 Å². The zero-order valence-electron chi connectivity index (χ0n) is 13.7. The van der Waals surface area contributed by atoms with Crippen LogP contribution in [0.25, 0.3) is 0 Å². The first kappa shape index (κ1) is 18.1. The van der Waals surface area contributed by atoms with Gasteiger partial charge in [0.2, 0.25) is 10.0 Å². The molecule has 24 heavy (non-hydrogen) atoms. The smallest absolute Gasteiger partial charge is 0.254 e. The van der Waals surface area contributed by atoms with E-state index in [1.54, 1.807) is 45.2 Å². The first-order valence-electron chi connectivity index (χ1n) is 7.27. The number of primary sulfonamides is 1. The second-order valence-corrected chi connectivity index (χ2v) is 7.23. The van der Waals surface area contributed by atoms with Crippen molar-refractivity contribution in [1.82, 2.24) is 4.90 Å². The maximum atomic E-state index is 13.6. The van der Waals surface area contributed by atoms with E-state index >= 15 is 0 Å². The molecule has 1 atom stereocenters. The molecular weight excluding hydrogens is 331 g/mol. The van der Waals surface area contributed by atoms with E-state index in [4.69, 9.17) is 5.14 Å². The van der Waals surface area contributed by atoms with Gasteiger partial charge in [0.15, 0.2) is 0 Å². The van der Waals surface area contributed by atoms with Crippen molar-refractivity contribution in [2.24, 2.45) is 5.14 Å². The molecule has 0 aliphatic rings. The van der Waals surface area contributed by atoms with Gasteiger partial charge in [0.1, 0.15) is 5.82 Å². The Kier molecular flexibility index (Phi) is 5.05. The molecule has 0 unspecified atom stereocenters. The highest BCUT2D eigenvalue weighted by molar-refractivity contribution is 7.89. The van der Waals surface area contributed by atoms with Crippen LogP contribution in [0.5, 0.6) is 0 Å². The lowest BCUT2D eigenvalue weighted by Crippen LogP contribution is -2.29. The van der Waals surface area contributed by atoms with E-state index in [1.807, 2.05) is 0 Å². The zero-order valence-corrected chi connectivity index (χ0v) is 14.5. The number of hydrogen-bond donors (Lipinski definition) is 1. The Labute approximate surface area is 141 Å². The summed E-state index contributed by atoms with van der Waals surface area (Å²) in [5, 5.41) is 5.07. The first-order chi connectivity index (χ1) is 11.1. The lowest BCUT2D eigenvalue weighted by Gasteiger charge is -2.25. The van der Waals surface area contributed by atoms with E-state index in [2.05, 4.69) is 0 Å². The third-order valence-corrected chi connectivity index (χ3v) is 4.94. The van der Waals surface area contributed by atoms with Crippen LogP contribution >= 0.6 is 0 Å². The summed E-state index contributed by atoms with van der Waals surface area (Å²) in [6.45, 7) is 3.43. The van der Waals surface area contributed by atoms with Crippen molar-refractivity contribution in [3.8, 4) is 0 Å². The Morgan fingerprint density at radius 1 is 1.17 bits per heavy atom. The van der Waals surface area contributed by atoms with E-state index in [9.17, 15) is 17.6 Å². The molecule has 0 saturated heterocycles. The molecule has 0 heterocycles. The largest absolute Gasteiger partial charge is 0.335 e. The molecular formula is C17H19FN2O3S. The number of aryl methyl sites for hydroxylation is 1. The lowest BCUT2D eigenvalue weighted by atomic mass is 10.1. The van der Waals surface area contributed by atoms with E-state index in [1.165, 1.54) is 23.1 Å². The number of halogens is 1.